The number of hydrogen-bond acceptors (Lipinski definition) is 5. The van der Waals surface area contributed by atoms with E-state index in [0.717, 1.165) is 0 Å². The monoisotopic (exact) mass is 297 g/mol. The summed E-state index contributed by atoms with van der Waals surface area (Å²) in [6.45, 7) is 0.324. The van der Waals surface area contributed by atoms with E-state index in [9.17, 15) is 18.3 Å². The summed E-state index contributed by atoms with van der Waals surface area (Å²) in [5, 5.41) is 9.47. The number of sulfone groups is 1. The van der Waals surface area contributed by atoms with Gasteiger partial charge in [-0.2, -0.15) is 0 Å². The Balaban J connectivity index is 1.82. The van der Waals surface area contributed by atoms with Crippen LogP contribution in [0, 0.1) is 0 Å². The zero-order valence-electron chi connectivity index (χ0n) is 10.8. The topological polar surface area (TPSA) is 83.9 Å². The third-order valence-corrected chi connectivity index (χ3v) is 5.50. The molecule has 0 radical (unpaired) electrons. The molecule has 0 saturated carbocycles. The predicted molar refractivity (Wildman–Crippen MR) is 72.6 cm³/mol. The molecule has 2 fully saturated rings. The van der Waals surface area contributed by atoms with Crippen molar-refractivity contribution < 1.29 is 23.1 Å². The fraction of sp³-hybridized carbons (Fsp3) is 0.462. The standard InChI is InChI=1S/C13H15NO5S/c15-11-3-1-2-10(8-11)14-9-13(19-12(14)16)4-6-20(17,18)7-5-13/h1-3,8,15H,4-7,9H2. The molecular formula is C13H15NO5S. The highest BCUT2D eigenvalue weighted by Gasteiger charge is 2.48. The van der Waals surface area contributed by atoms with Gasteiger partial charge < -0.3 is 9.84 Å². The third kappa shape index (κ3) is 2.33. The second kappa shape index (κ2) is 4.37. The smallest absolute Gasteiger partial charge is 0.415 e. The fourth-order valence-corrected chi connectivity index (χ4v) is 4.22. The minimum Gasteiger partial charge on any atom is -0.508 e. The van der Waals surface area contributed by atoms with Crippen LogP contribution in [0.25, 0.3) is 0 Å². The van der Waals surface area contributed by atoms with Gasteiger partial charge in [0.15, 0.2) is 9.84 Å². The summed E-state index contributed by atoms with van der Waals surface area (Å²) in [6.07, 6.45) is 0.169. The van der Waals surface area contributed by atoms with Gasteiger partial charge in [0.2, 0.25) is 0 Å². The van der Waals surface area contributed by atoms with Crippen molar-refractivity contribution in [2.24, 2.45) is 0 Å². The van der Waals surface area contributed by atoms with Gasteiger partial charge in [-0.3, -0.25) is 4.90 Å². The first-order valence-electron chi connectivity index (χ1n) is 6.39. The van der Waals surface area contributed by atoms with Crippen LogP contribution in [-0.2, 0) is 14.6 Å². The first-order chi connectivity index (χ1) is 9.39. The predicted octanol–water partition coefficient (Wildman–Crippen LogP) is 1.30. The average Bonchev–Trinajstić information content (AvgIpc) is 2.72. The van der Waals surface area contributed by atoms with Gasteiger partial charge >= 0.3 is 6.09 Å². The lowest BCUT2D eigenvalue weighted by atomic mass is 9.97. The Labute approximate surface area is 116 Å². The van der Waals surface area contributed by atoms with Crippen molar-refractivity contribution in [3.05, 3.63) is 24.3 Å². The molecular weight excluding hydrogens is 282 g/mol. The largest absolute Gasteiger partial charge is 0.508 e. The van der Waals surface area contributed by atoms with Crippen molar-refractivity contribution in [3.8, 4) is 5.75 Å². The maximum atomic E-state index is 12.0. The highest BCUT2D eigenvalue weighted by atomic mass is 32.2. The number of aromatic hydroxyl groups is 1. The second-order valence-corrected chi connectivity index (χ2v) is 7.61. The fourth-order valence-electron chi connectivity index (χ4n) is 2.65. The molecule has 20 heavy (non-hydrogen) atoms. The van der Waals surface area contributed by atoms with Crippen molar-refractivity contribution >= 4 is 21.6 Å². The van der Waals surface area contributed by atoms with Crippen LogP contribution < -0.4 is 4.90 Å². The molecule has 2 saturated heterocycles. The molecule has 2 heterocycles. The van der Waals surface area contributed by atoms with E-state index in [1.807, 2.05) is 0 Å². The summed E-state index contributed by atoms with van der Waals surface area (Å²) in [5.74, 6) is 0.171. The first-order valence-corrected chi connectivity index (χ1v) is 8.21. The van der Waals surface area contributed by atoms with E-state index >= 15 is 0 Å². The van der Waals surface area contributed by atoms with Gasteiger partial charge in [0, 0.05) is 18.9 Å². The van der Waals surface area contributed by atoms with Crippen LogP contribution in [0.2, 0.25) is 0 Å². The molecule has 2 aliphatic rings. The second-order valence-electron chi connectivity index (χ2n) is 5.31. The number of phenolic OH excluding ortho intramolecular Hbond substituents is 1. The van der Waals surface area contributed by atoms with E-state index in [-0.39, 0.29) is 17.3 Å². The van der Waals surface area contributed by atoms with Crippen LogP contribution in [0.15, 0.2) is 24.3 Å². The van der Waals surface area contributed by atoms with Crippen molar-refractivity contribution in [2.45, 2.75) is 18.4 Å². The third-order valence-electron chi connectivity index (χ3n) is 3.85. The minimum absolute atomic E-state index is 0.0498. The summed E-state index contributed by atoms with van der Waals surface area (Å²) < 4.78 is 28.4. The van der Waals surface area contributed by atoms with Gasteiger partial charge in [0.25, 0.3) is 0 Å². The number of amides is 1. The van der Waals surface area contributed by atoms with Crippen molar-refractivity contribution in [1.29, 1.82) is 0 Å². The number of hydrogen-bond donors (Lipinski definition) is 1. The molecule has 0 aliphatic carbocycles. The lowest BCUT2D eigenvalue weighted by molar-refractivity contribution is 0.0487. The summed E-state index contributed by atoms with van der Waals surface area (Å²) >= 11 is 0. The van der Waals surface area contributed by atoms with Gasteiger partial charge in [-0.25, -0.2) is 13.2 Å². The van der Waals surface area contributed by atoms with Crippen LogP contribution >= 0.6 is 0 Å². The summed E-state index contributed by atoms with van der Waals surface area (Å²) in [4.78, 5) is 13.4. The molecule has 0 unspecified atom stereocenters. The molecule has 1 amide bonds. The number of ether oxygens (including phenoxy) is 1. The highest BCUT2D eigenvalue weighted by molar-refractivity contribution is 7.91. The van der Waals surface area contributed by atoms with E-state index < -0.39 is 21.5 Å². The van der Waals surface area contributed by atoms with Crippen molar-refractivity contribution in [1.82, 2.24) is 0 Å². The average molecular weight is 297 g/mol. The number of nitrogens with zero attached hydrogens (tertiary/aromatic N) is 1. The number of carbonyl (C=O) groups excluding carboxylic acids is 1. The molecule has 0 atom stereocenters. The van der Waals surface area contributed by atoms with E-state index in [0.29, 0.717) is 25.1 Å². The van der Waals surface area contributed by atoms with Gasteiger partial charge in [-0.05, 0) is 12.1 Å². The number of carbonyl (C=O) groups is 1. The zero-order valence-corrected chi connectivity index (χ0v) is 11.6. The summed E-state index contributed by atoms with van der Waals surface area (Å²) in [7, 11) is -3.00. The van der Waals surface area contributed by atoms with E-state index in [4.69, 9.17) is 4.74 Å². The quantitative estimate of drug-likeness (QED) is 0.844. The molecule has 3 rings (SSSR count). The van der Waals surface area contributed by atoms with Crippen molar-refractivity contribution in [2.75, 3.05) is 23.0 Å². The molecule has 6 nitrogen and oxygen atoms in total. The first kappa shape index (κ1) is 13.2. The van der Waals surface area contributed by atoms with Crippen LogP contribution in [0.3, 0.4) is 0 Å². The Hall–Kier alpha value is -1.76. The normalized spacial score (nSPS) is 23.8. The maximum Gasteiger partial charge on any atom is 0.415 e. The van der Waals surface area contributed by atoms with Crippen LogP contribution in [0.1, 0.15) is 12.8 Å². The van der Waals surface area contributed by atoms with Crippen LogP contribution in [-0.4, -0.2) is 43.3 Å². The molecule has 1 N–H and O–H groups in total. The number of rotatable bonds is 1. The summed E-state index contributed by atoms with van der Waals surface area (Å²) in [6, 6.07) is 6.36. The molecule has 1 aromatic rings. The molecule has 1 spiro atoms. The Kier molecular flexibility index (Phi) is 2.89. The summed E-state index contributed by atoms with van der Waals surface area (Å²) in [5.41, 5.74) is -0.159. The van der Waals surface area contributed by atoms with Crippen LogP contribution in [0.4, 0.5) is 10.5 Å². The number of phenols is 1. The lowest BCUT2D eigenvalue weighted by Gasteiger charge is -2.30. The Morgan fingerprint density at radius 2 is 1.95 bits per heavy atom. The molecule has 108 valence electrons. The maximum absolute atomic E-state index is 12.0. The lowest BCUT2D eigenvalue weighted by Crippen LogP contribution is -2.42. The van der Waals surface area contributed by atoms with E-state index in [2.05, 4.69) is 0 Å². The Morgan fingerprint density at radius 1 is 1.25 bits per heavy atom. The minimum atomic E-state index is -3.00. The number of anilines is 1. The SMILES string of the molecule is O=C1OC2(CCS(=O)(=O)CC2)CN1c1cccc(O)c1. The highest BCUT2D eigenvalue weighted by Crippen LogP contribution is 2.36. The molecule has 0 aromatic heterocycles. The molecule has 2 aliphatic heterocycles. The van der Waals surface area contributed by atoms with Crippen molar-refractivity contribution in [3.63, 3.8) is 0 Å². The van der Waals surface area contributed by atoms with E-state index in [1.165, 1.54) is 17.0 Å². The van der Waals surface area contributed by atoms with Crippen LogP contribution in [0.5, 0.6) is 5.75 Å². The Bertz CT molecular complexity index is 640. The Morgan fingerprint density at radius 3 is 2.60 bits per heavy atom. The van der Waals surface area contributed by atoms with E-state index in [1.54, 1.807) is 12.1 Å². The van der Waals surface area contributed by atoms with Gasteiger partial charge in [0.1, 0.15) is 11.4 Å². The van der Waals surface area contributed by atoms with Gasteiger partial charge in [-0.1, -0.05) is 6.07 Å². The zero-order chi connectivity index (χ0) is 14.4. The molecule has 0 bridgehead atoms. The molecule has 1 aromatic carbocycles. The number of benzene rings is 1. The van der Waals surface area contributed by atoms with Gasteiger partial charge in [-0.15, -0.1) is 0 Å². The molecule has 7 heteroatoms. The van der Waals surface area contributed by atoms with Gasteiger partial charge in [0.05, 0.1) is 23.7 Å².